The molecule has 2 aromatic rings. The highest BCUT2D eigenvalue weighted by Crippen LogP contribution is 2.09. The molecule has 0 radical (unpaired) electrons. The summed E-state index contributed by atoms with van der Waals surface area (Å²) in [6.07, 6.45) is 0. The van der Waals surface area contributed by atoms with Gasteiger partial charge in [0.25, 0.3) is 11.5 Å². The highest BCUT2D eigenvalue weighted by molar-refractivity contribution is 6.02. The van der Waals surface area contributed by atoms with Gasteiger partial charge in [0.1, 0.15) is 17.4 Å². The summed E-state index contributed by atoms with van der Waals surface area (Å²) in [5, 5.41) is 2.60. The molecule has 10 nitrogen and oxygen atoms in total. The number of carbonyl (C=O) groups excluding carboxylic acids is 3. The van der Waals surface area contributed by atoms with E-state index in [2.05, 4.69) is 5.32 Å². The normalized spacial score (nSPS) is 11.8. The molecule has 3 N–H and O–H groups in total. The predicted octanol–water partition coefficient (Wildman–Crippen LogP) is 0.155. The first-order chi connectivity index (χ1) is 14.5. The molecule has 1 amide bonds. The molecule has 2 rings (SSSR count). The number of nitrogens with one attached hydrogen (secondary N) is 1. The fraction of sp³-hybridized carbons (Fsp3) is 0.381. The third kappa shape index (κ3) is 5.08. The van der Waals surface area contributed by atoms with Crippen LogP contribution in [0.4, 0.5) is 5.82 Å². The Balaban J connectivity index is 2.15. The molecule has 0 saturated heterocycles. The van der Waals surface area contributed by atoms with E-state index in [1.54, 1.807) is 38.1 Å². The SMILES string of the molecule is Cc1ccc(C(=O)NC(C(=O)OCC(=O)c2c(N)n(C)c(=O)n(C)c2=O)C(C)C)cc1. The van der Waals surface area contributed by atoms with Gasteiger partial charge in [-0.3, -0.25) is 23.5 Å². The van der Waals surface area contributed by atoms with E-state index in [1.807, 2.05) is 6.92 Å². The van der Waals surface area contributed by atoms with Crippen molar-refractivity contribution in [3.05, 3.63) is 61.8 Å². The maximum absolute atomic E-state index is 12.5. The van der Waals surface area contributed by atoms with Crippen molar-refractivity contribution in [1.29, 1.82) is 0 Å². The molecule has 0 aliphatic rings. The van der Waals surface area contributed by atoms with E-state index in [4.69, 9.17) is 10.5 Å². The molecule has 31 heavy (non-hydrogen) atoms. The van der Waals surface area contributed by atoms with Crippen molar-refractivity contribution in [2.24, 2.45) is 20.0 Å². The quantitative estimate of drug-likeness (QED) is 0.470. The van der Waals surface area contributed by atoms with Gasteiger partial charge >= 0.3 is 11.7 Å². The molecule has 0 fully saturated rings. The Kier molecular flexibility index (Phi) is 7.16. The van der Waals surface area contributed by atoms with E-state index >= 15 is 0 Å². The smallest absolute Gasteiger partial charge is 0.332 e. The number of benzene rings is 1. The number of hydrogen-bond acceptors (Lipinski definition) is 7. The van der Waals surface area contributed by atoms with Gasteiger partial charge in [-0.05, 0) is 25.0 Å². The van der Waals surface area contributed by atoms with Crippen LogP contribution in [0, 0.1) is 12.8 Å². The molecule has 0 aliphatic heterocycles. The largest absolute Gasteiger partial charge is 0.456 e. The lowest BCUT2D eigenvalue weighted by Gasteiger charge is -2.21. The Hall–Kier alpha value is -3.69. The number of aromatic nitrogens is 2. The van der Waals surface area contributed by atoms with Crippen LogP contribution in [-0.4, -0.2) is 39.4 Å². The van der Waals surface area contributed by atoms with Crippen molar-refractivity contribution < 1.29 is 19.1 Å². The van der Waals surface area contributed by atoms with Gasteiger partial charge in [0.05, 0.1) is 0 Å². The van der Waals surface area contributed by atoms with Crippen molar-refractivity contribution >= 4 is 23.5 Å². The number of anilines is 1. The summed E-state index contributed by atoms with van der Waals surface area (Å²) in [4.78, 5) is 61.6. The first kappa shape index (κ1) is 23.6. The number of hydrogen-bond donors (Lipinski definition) is 2. The number of rotatable bonds is 7. The van der Waals surface area contributed by atoms with Crippen LogP contribution in [0.15, 0.2) is 33.9 Å². The van der Waals surface area contributed by atoms with Gasteiger partial charge in [0.2, 0.25) is 5.78 Å². The van der Waals surface area contributed by atoms with Crippen LogP contribution in [0.3, 0.4) is 0 Å². The first-order valence-corrected chi connectivity index (χ1v) is 9.58. The van der Waals surface area contributed by atoms with Gasteiger partial charge in [0.15, 0.2) is 6.61 Å². The molecule has 166 valence electrons. The number of amides is 1. The lowest BCUT2D eigenvalue weighted by Crippen LogP contribution is -2.46. The summed E-state index contributed by atoms with van der Waals surface area (Å²) in [6.45, 7) is 4.55. The first-order valence-electron chi connectivity index (χ1n) is 9.58. The van der Waals surface area contributed by atoms with Crippen LogP contribution < -0.4 is 22.3 Å². The van der Waals surface area contributed by atoms with Crippen LogP contribution in [-0.2, 0) is 23.6 Å². The van der Waals surface area contributed by atoms with Crippen LogP contribution in [0.25, 0.3) is 0 Å². The monoisotopic (exact) mass is 430 g/mol. The third-order valence-corrected chi connectivity index (χ3v) is 4.86. The zero-order valence-electron chi connectivity index (χ0n) is 18.1. The Morgan fingerprint density at radius 1 is 1.06 bits per heavy atom. The highest BCUT2D eigenvalue weighted by Gasteiger charge is 2.28. The second kappa shape index (κ2) is 9.41. The minimum atomic E-state index is -1.01. The second-order valence-corrected chi connectivity index (χ2v) is 7.56. The zero-order chi connectivity index (χ0) is 23.5. The Bertz CT molecular complexity index is 1130. The Morgan fingerprint density at radius 3 is 2.19 bits per heavy atom. The molecule has 0 spiro atoms. The number of ketones is 1. The third-order valence-electron chi connectivity index (χ3n) is 4.86. The van der Waals surface area contributed by atoms with E-state index in [0.717, 1.165) is 14.7 Å². The van der Waals surface area contributed by atoms with Gasteiger partial charge in [-0.2, -0.15) is 0 Å². The average Bonchev–Trinajstić information content (AvgIpc) is 2.73. The highest BCUT2D eigenvalue weighted by atomic mass is 16.5. The van der Waals surface area contributed by atoms with Crippen LogP contribution in [0.5, 0.6) is 0 Å². The minimum absolute atomic E-state index is 0.317. The molecule has 0 saturated carbocycles. The molecular weight excluding hydrogens is 404 g/mol. The number of esters is 1. The number of ether oxygens (including phenoxy) is 1. The minimum Gasteiger partial charge on any atom is -0.456 e. The maximum atomic E-state index is 12.5. The van der Waals surface area contributed by atoms with Crippen molar-refractivity contribution in [3.63, 3.8) is 0 Å². The standard InChI is InChI=1S/C21H26N4O6/c1-11(2)16(23-18(27)13-8-6-12(3)7-9-13)20(29)31-10-14(26)15-17(22)24(4)21(30)25(5)19(15)28/h6-9,11,16H,10,22H2,1-5H3,(H,23,27). The Labute approximate surface area is 178 Å². The number of Topliss-reactive ketones (excluding diaryl/α,β-unsaturated/α-hetero) is 1. The second-order valence-electron chi connectivity index (χ2n) is 7.56. The molecule has 1 aromatic carbocycles. The summed E-state index contributed by atoms with van der Waals surface area (Å²) in [6, 6.07) is 5.80. The summed E-state index contributed by atoms with van der Waals surface area (Å²) in [5.74, 6) is -2.79. The van der Waals surface area contributed by atoms with E-state index in [9.17, 15) is 24.0 Å². The molecular formula is C21H26N4O6. The molecule has 1 unspecified atom stereocenters. The van der Waals surface area contributed by atoms with E-state index < -0.39 is 47.1 Å². The average molecular weight is 430 g/mol. The lowest BCUT2D eigenvalue weighted by molar-refractivity contribution is -0.145. The number of nitrogen functional groups attached to an aromatic ring is 1. The van der Waals surface area contributed by atoms with E-state index in [1.165, 1.54) is 14.1 Å². The van der Waals surface area contributed by atoms with Gasteiger partial charge in [0, 0.05) is 19.7 Å². The van der Waals surface area contributed by atoms with Gasteiger partial charge in [-0.25, -0.2) is 9.59 Å². The summed E-state index contributed by atoms with van der Waals surface area (Å²) < 4.78 is 6.76. The van der Waals surface area contributed by atoms with Crippen molar-refractivity contribution in [2.45, 2.75) is 26.8 Å². The van der Waals surface area contributed by atoms with E-state index in [0.29, 0.717) is 5.56 Å². The van der Waals surface area contributed by atoms with Gasteiger partial charge in [-0.15, -0.1) is 0 Å². The van der Waals surface area contributed by atoms with E-state index in [-0.39, 0.29) is 11.7 Å². The van der Waals surface area contributed by atoms with Crippen molar-refractivity contribution in [2.75, 3.05) is 12.3 Å². The Morgan fingerprint density at radius 2 is 1.65 bits per heavy atom. The topological polar surface area (TPSA) is 142 Å². The fourth-order valence-electron chi connectivity index (χ4n) is 2.85. The van der Waals surface area contributed by atoms with Crippen molar-refractivity contribution in [3.8, 4) is 0 Å². The molecule has 1 heterocycles. The molecule has 0 bridgehead atoms. The maximum Gasteiger partial charge on any atom is 0.332 e. The number of nitrogens with two attached hydrogens (primary N) is 1. The molecule has 1 atom stereocenters. The van der Waals surface area contributed by atoms with Crippen molar-refractivity contribution in [1.82, 2.24) is 14.5 Å². The molecule has 0 aliphatic carbocycles. The summed E-state index contributed by atoms with van der Waals surface area (Å²) >= 11 is 0. The van der Waals surface area contributed by atoms with Gasteiger partial charge < -0.3 is 15.8 Å². The number of carbonyl (C=O) groups is 3. The zero-order valence-corrected chi connectivity index (χ0v) is 18.1. The number of nitrogens with zero attached hydrogens (tertiary/aromatic N) is 2. The predicted molar refractivity (Wildman–Crippen MR) is 114 cm³/mol. The summed E-state index contributed by atoms with van der Waals surface area (Å²) in [5.41, 5.74) is 5.09. The molecule has 1 aromatic heterocycles. The van der Waals surface area contributed by atoms with Crippen LogP contribution >= 0.6 is 0 Å². The lowest BCUT2D eigenvalue weighted by atomic mass is 10.0. The number of aryl methyl sites for hydroxylation is 1. The molecule has 10 heteroatoms. The fourth-order valence-corrected chi connectivity index (χ4v) is 2.85. The van der Waals surface area contributed by atoms with Crippen LogP contribution in [0.1, 0.15) is 40.1 Å². The van der Waals surface area contributed by atoms with Gasteiger partial charge in [-0.1, -0.05) is 31.5 Å². The summed E-state index contributed by atoms with van der Waals surface area (Å²) in [7, 11) is 2.53. The van der Waals surface area contributed by atoms with Crippen LogP contribution in [0.2, 0.25) is 0 Å².